The third-order valence-electron chi connectivity index (χ3n) is 3.97. The van der Waals surface area contributed by atoms with Gasteiger partial charge >= 0.3 is 0 Å². The molecule has 0 spiro atoms. The fourth-order valence-electron chi connectivity index (χ4n) is 2.61. The zero-order chi connectivity index (χ0) is 15.2. The zero-order valence-electron chi connectivity index (χ0n) is 13.2. The molecule has 1 aliphatic heterocycles. The molecule has 0 amide bonds. The van der Waals surface area contributed by atoms with Crippen molar-refractivity contribution in [3.63, 3.8) is 0 Å². The van der Waals surface area contributed by atoms with Gasteiger partial charge in [0.05, 0.1) is 0 Å². The largest absolute Gasteiger partial charge is 0.384 e. The van der Waals surface area contributed by atoms with E-state index >= 15 is 0 Å². The van der Waals surface area contributed by atoms with Crippen LogP contribution in [-0.4, -0.2) is 73.9 Å². The monoisotopic (exact) mass is 289 g/mol. The molecule has 0 unspecified atom stereocenters. The van der Waals surface area contributed by atoms with Gasteiger partial charge in [-0.2, -0.15) is 0 Å². The highest BCUT2D eigenvalue weighted by atomic mass is 15.3. The molecular weight excluding hydrogens is 262 g/mol. The Morgan fingerprint density at radius 2 is 1.86 bits per heavy atom. The molecule has 1 aromatic rings. The van der Waals surface area contributed by atoms with Crippen LogP contribution in [-0.2, 0) is 6.54 Å². The van der Waals surface area contributed by atoms with Gasteiger partial charge in [0, 0.05) is 51.4 Å². The standard InChI is InChI=1S/C16H27N5/c1-19(2)6-7-20-8-10-21(11-9-20)13-14-4-3-5-15(12-14)16(17)18/h3-5,12H,6-11,13H2,1-2H3,(H3,17,18). The van der Waals surface area contributed by atoms with Crippen molar-refractivity contribution >= 4 is 5.84 Å². The summed E-state index contributed by atoms with van der Waals surface area (Å²) in [6, 6.07) is 8.02. The van der Waals surface area contributed by atoms with Gasteiger partial charge in [-0.25, -0.2) is 0 Å². The molecule has 3 N–H and O–H groups in total. The summed E-state index contributed by atoms with van der Waals surface area (Å²) in [5, 5.41) is 7.51. The number of amidine groups is 1. The van der Waals surface area contributed by atoms with E-state index in [1.54, 1.807) is 0 Å². The van der Waals surface area contributed by atoms with Crippen LogP contribution in [0.1, 0.15) is 11.1 Å². The lowest BCUT2D eigenvalue weighted by Crippen LogP contribution is -2.47. The molecule has 5 nitrogen and oxygen atoms in total. The minimum absolute atomic E-state index is 0.144. The van der Waals surface area contributed by atoms with E-state index in [1.165, 1.54) is 5.56 Å². The summed E-state index contributed by atoms with van der Waals surface area (Å²) in [5.41, 5.74) is 7.61. The van der Waals surface area contributed by atoms with Gasteiger partial charge in [-0.1, -0.05) is 18.2 Å². The Labute approximate surface area is 127 Å². The van der Waals surface area contributed by atoms with E-state index in [-0.39, 0.29) is 5.84 Å². The quantitative estimate of drug-likeness (QED) is 0.596. The van der Waals surface area contributed by atoms with E-state index in [1.807, 2.05) is 18.2 Å². The second kappa shape index (κ2) is 7.54. The highest BCUT2D eigenvalue weighted by Crippen LogP contribution is 2.10. The number of nitrogens with two attached hydrogens (primary N) is 1. The lowest BCUT2D eigenvalue weighted by Gasteiger charge is -2.35. The highest BCUT2D eigenvalue weighted by Gasteiger charge is 2.16. The molecule has 0 atom stereocenters. The van der Waals surface area contributed by atoms with Crippen LogP contribution in [0.5, 0.6) is 0 Å². The Bertz CT molecular complexity index is 463. The number of nitrogens with zero attached hydrogens (tertiary/aromatic N) is 3. The van der Waals surface area contributed by atoms with Gasteiger partial charge < -0.3 is 10.6 Å². The van der Waals surface area contributed by atoms with E-state index in [2.05, 4.69) is 34.9 Å². The molecule has 21 heavy (non-hydrogen) atoms. The van der Waals surface area contributed by atoms with Crippen LogP contribution >= 0.6 is 0 Å². The average molecular weight is 289 g/mol. The van der Waals surface area contributed by atoms with E-state index in [9.17, 15) is 0 Å². The molecule has 0 bridgehead atoms. The van der Waals surface area contributed by atoms with Crippen LogP contribution in [0, 0.1) is 5.41 Å². The molecule has 1 aromatic carbocycles. The number of hydrogen-bond donors (Lipinski definition) is 2. The third-order valence-corrected chi connectivity index (χ3v) is 3.97. The van der Waals surface area contributed by atoms with Crippen molar-refractivity contribution < 1.29 is 0 Å². The molecule has 116 valence electrons. The molecule has 2 rings (SSSR count). The normalized spacial score (nSPS) is 17.3. The first-order valence-electron chi connectivity index (χ1n) is 7.57. The second-order valence-electron chi connectivity index (χ2n) is 6.04. The maximum Gasteiger partial charge on any atom is 0.122 e. The first kappa shape index (κ1) is 15.9. The van der Waals surface area contributed by atoms with Crippen LogP contribution in [0.2, 0.25) is 0 Å². The van der Waals surface area contributed by atoms with Gasteiger partial charge in [-0.05, 0) is 25.7 Å². The summed E-state index contributed by atoms with van der Waals surface area (Å²) in [6.07, 6.45) is 0. The van der Waals surface area contributed by atoms with Crippen LogP contribution in [0.15, 0.2) is 24.3 Å². The number of likely N-dealkylation sites (N-methyl/N-ethyl adjacent to an activating group) is 1. The zero-order valence-corrected chi connectivity index (χ0v) is 13.2. The first-order chi connectivity index (χ1) is 10.0. The minimum atomic E-state index is 0.144. The summed E-state index contributed by atoms with van der Waals surface area (Å²) < 4.78 is 0. The fourth-order valence-corrected chi connectivity index (χ4v) is 2.61. The second-order valence-corrected chi connectivity index (χ2v) is 6.04. The molecule has 0 saturated carbocycles. The molecule has 1 aliphatic rings. The van der Waals surface area contributed by atoms with E-state index in [0.29, 0.717) is 0 Å². The predicted octanol–water partition coefficient (Wildman–Crippen LogP) is 0.650. The Kier molecular flexibility index (Phi) is 5.73. The lowest BCUT2D eigenvalue weighted by atomic mass is 10.1. The van der Waals surface area contributed by atoms with Crippen LogP contribution in [0.25, 0.3) is 0 Å². The molecule has 1 heterocycles. The Hall–Kier alpha value is -1.43. The molecule has 1 fully saturated rings. The minimum Gasteiger partial charge on any atom is -0.384 e. The van der Waals surface area contributed by atoms with Crippen molar-refractivity contribution in [2.24, 2.45) is 5.73 Å². The van der Waals surface area contributed by atoms with Gasteiger partial charge in [0.15, 0.2) is 0 Å². The van der Waals surface area contributed by atoms with Crippen molar-refractivity contribution in [2.45, 2.75) is 6.54 Å². The summed E-state index contributed by atoms with van der Waals surface area (Å²) in [6.45, 7) is 7.72. The summed E-state index contributed by atoms with van der Waals surface area (Å²) in [7, 11) is 4.25. The third kappa shape index (κ3) is 5.12. The molecular formula is C16H27N5. The summed E-state index contributed by atoms with van der Waals surface area (Å²) >= 11 is 0. The van der Waals surface area contributed by atoms with Gasteiger partial charge in [-0.3, -0.25) is 15.2 Å². The number of benzene rings is 1. The average Bonchev–Trinajstić information content (AvgIpc) is 2.47. The van der Waals surface area contributed by atoms with Gasteiger partial charge in [0.1, 0.15) is 5.84 Å². The van der Waals surface area contributed by atoms with Crippen molar-refractivity contribution in [1.82, 2.24) is 14.7 Å². The van der Waals surface area contributed by atoms with Crippen molar-refractivity contribution in [2.75, 3.05) is 53.4 Å². The lowest BCUT2D eigenvalue weighted by molar-refractivity contribution is 0.120. The molecule has 0 aromatic heterocycles. The maximum absolute atomic E-state index is 7.51. The van der Waals surface area contributed by atoms with E-state index in [0.717, 1.165) is 51.4 Å². The van der Waals surface area contributed by atoms with Crippen LogP contribution in [0.3, 0.4) is 0 Å². The Morgan fingerprint density at radius 3 is 2.48 bits per heavy atom. The van der Waals surface area contributed by atoms with Crippen LogP contribution < -0.4 is 5.73 Å². The summed E-state index contributed by atoms with van der Waals surface area (Å²) in [5.74, 6) is 0.144. The first-order valence-corrected chi connectivity index (χ1v) is 7.57. The number of rotatable bonds is 6. The molecule has 0 aliphatic carbocycles. The molecule has 0 radical (unpaired) electrons. The molecule has 1 saturated heterocycles. The predicted molar refractivity (Wildman–Crippen MR) is 87.7 cm³/mol. The fraction of sp³-hybridized carbons (Fsp3) is 0.562. The van der Waals surface area contributed by atoms with Crippen molar-refractivity contribution in [3.05, 3.63) is 35.4 Å². The Morgan fingerprint density at radius 1 is 1.19 bits per heavy atom. The number of nitrogens with one attached hydrogen (secondary N) is 1. The van der Waals surface area contributed by atoms with Gasteiger partial charge in [0.25, 0.3) is 0 Å². The highest BCUT2D eigenvalue weighted by molar-refractivity contribution is 5.95. The topological polar surface area (TPSA) is 59.6 Å². The van der Waals surface area contributed by atoms with Crippen molar-refractivity contribution in [1.29, 1.82) is 5.41 Å². The maximum atomic E-state index is 7.51. The van der Waals surface area contributed by atoms with Gasteiger partial charge in [-0.15, -0.1) is 0 Å². The smallest absolute Gasteiger partial charge is 0.122 e. The number of hydrogen-bond acceptors (Lipinski definition) is 4. The van der Waals surface area contributed by atoms with E-state index in [4.69, 9.17) is 11.1 Å². The van der Waals surface area contributed by atoms with Gasteiger partial charge in [0.2, 0.25) is 0 Å². The number of piperazine rings is 1. The molecule has 5 heteroatoms. The Balaban J connectivity index is 1.80. The van der Waals surface area contributed by atoms with Crippen LogP contribution in [0.4, 0.5) is 0 Å². The van der Waals surface area contributed by atoms with E-state index < -0.39 is 0 Å². The summed E-state index contributed by atoms with van der Waals surface area (Å²) in [4.78, 5) is 7.24. The number of nitrogen functional groups attached to an aromatic ring is 1. The SMILES string of the molecule is CN(C)CCN1CCN(Cc2cccc(C(=N)N)c2)CC1. The van der Waals surface area contributed by atoms with Crippen molar-refractivity contribution in [3.8, 4) is 0 Å².